The van der Waals surface area contributed by atoms with Crippen molar-refractivity contribution in [2.45, 2.75) is 51.2 Å². The maximum Gasteiger partial charge on any atom is 0.255 e. The Morgan fingerprint density at radius 1 is 1.10 bits per heavy atom. The minimum absolute atomic E-state index is 0.185. The maximum absolute atomic E-state index is 13.0. The smallest absolute Gasteiger partial charge is 0.255 e. The molecule has 9 nitrogen and oxygen atoms in total. The lowest BCUT2D eigenvalue weighted by Crippen LogP contribution is -2.52. The van der Waals surface area contributed by atoms with Crippen LogP contribution in [0.5, 0.6) is 0 Å². The number of fused-ring (bicyclic) bond motifs is 1. The summed E-state index contributed by atoms with van der Waals surface area (Å²) in [5, 5.41) is 10.9. The number of benzene rings is 1. The summed E-state index contributed by atoms with van der Waals surface area (Å²) in [5.74, 6) is -0.865. The molecule has 1 atom stereocenters. The Balaban J connectivity index is 1.32. The average molecular weight is 408 g/mol. The van der Waals surface area contributed by atoms with Crippen LogP contribution in [0.25, 0.3) is 5.69 Å². The van der Waals surface area contributed by atoms with Gasteiger partial charge in [0.2, 0.25) is 11.8 Å². The Labute approximate surface area is 174 Å². The number of amides is 3. The normalized spacial score (nSPS) is 22.3. The van der Waals surface area contributed by atoms with Gasteiger partial charge in [-0.15, -0.1) is 5.10 Å². The van der Waals surface area contributed by atoms with Gasteiger partial charge in [0, 0.05) is 25.1 Å². The number of nitrogens with zero attached hydrogens (tertiary/aromatic N) is 5. The number of carbonyl (C=O) groups is 3. The van der Waals surface area contributed by atoms with Crippen LogP contribution in [0.2, 0.25) is 0 Å². The Kier molecular flexibility index (Phi) is 4.82. The van der Waals surface area contributed by atoms with E-state index in [4.69, 9.17) is 0 Å². The molecule has 0 spiro atoms. The topological polar surface area (TPSA) is 100 Å². The molecule has 9 heteroatoms. The van der Waals surface area contributed by atoms with E-state index in [1.54, 1.807) is 9.58 Å². The first-order chi connectivity index (χ1) is 14.6. The van der Waals surface area contributed by atoms with E-state index in [1.165, 1.54) is 19.3 Å². The SMILES string of the molecule is O=C1CCC(N2Cc3ccc(-n4cc(CN5CCCCC5)nn4)cc3C2=O)C(=O)N1. The second-order valence-electron chi connectivity index (χ2n) is 8.23. The van der Waals surface area contributed by atoms with Crippen molar-refractivity contribution in [3.05, 3.63) is 41.2 Å². The van der Waals surface area contributed by atoms with E-state index < -0.39 is 11.9 Å². The van der Waals surface area contributed by atoms with E-state index in [1.807, 2.05) is 24.4 Å². The van der Waals surface area contributed by atoms with E-state index in [9.17, 15) is 14.4 Å². The molecule has 156 valence electrons. The quantitative estimate of drug-likeness (QED) is 0.758. The van der Waals surface area contributed by atoms with E-state index in [-0.39, 0.29) is 18.2 Å². The Morgan fingerprint density at radius 3 is 2.73 bits per heavy atom. The van der Waals surface area contributed by atoms with Gasteiger partial charge in [-0.2, -0.15) is 0 Å². The van der Waals surface area contributed by atoms with Crippen LogP contribution in [0, 0.1) is 0 Å². The summed E-state index contributed by atoms with van der Waals surface area (Å²) in [4.78, 5) is 40.5. The van der Waals surface area contributed by atoms with Crippen LogP contribution in [0.15, 0.2) is 24.4 Å². The van der Waals surface area contributed by atoms with Crippen LogP contribution in [-0.4, -0.2) is 61.6 Å². The molecule has 2 saturated heterocycles. The van der Waals surface area contributed by atoms with E-state index >= 15 is 0 Å². The van der Waals surface area contributed by atoms with Crippen molar-refractivity contribution in [3.8, 4) is 5.69 Å². The lowest BCUT2D eigenvalue weighted by Gasteiger charge is -2.29. The first-order valence-electron chi connectivity index (χ1n) is 10.5. The Bertz CT molecular complexity index is 1010. The molecule has 2 aromatic rings. The van der Waals surface area contributed by atoms with Crippen LogP contribution >= 0.6 is 0 Å². The largest absolute Gasteiger partial charge is 0.322 e. The van der Waals surface area contributed by atoms with E-state index in [0.717, 1.165) is 36.6 Å². The van der Waals surface area contributed by atoms with Gasteiger partial charge in [-0.25, -0.2) is 4.68 Å². The lowest BCUT2D eigenvalue weighted by molar-refractivity contribution is -0.136. The first-order valence-corrected chi connectivity index (χ1v) is 10.5. The second-order valence-corrected chi connectivity index (χ2v) is 8.23. The van der Waals surface area contributed by atoms with Gasteiger partial charge in [-0.3, -0.25) is 24.6 Å². The predicted molar refractivity (Wildman–Crippen MR) is 107 cm³/mol. The number of carbonyl (C=O) groups excluding carboxylic acids is 3. The summed E-state index contributed by atoms with van der Waals surface area (Å²) in [6, 6.07) is 5.02. The van der Waals surface area contributed by atoms with Gasteiger partial charge in [0.15, 0.2) is 0 Å². The summed E-state index contributed by atoms with van der Waals surface area (Å²) in [6.45, 7) is 3.35. The molecule has 0 radical (unpaired) electrons. The van der Waals surface area contributed by atoms with Gasteiger partial charge in [0.05, 0.1) is 17.6 Å². The van der Waals surface area contributed by atoms with Gasteiger partial charge in [0.25, 0.3) is 5.91 Å². The molecule has 4 heterocycles. The highest BCUT2D eigenvalue weighted by Crippen LogP contribution is 2.29. The molecule has 5 rings (SSSR count). The monoisotopic (exact) mass is 408 g/mol. The van der Waals surface area contributed by atoms with Crippen LogP contribution in [0.1, 0.15) is 53.7 Å². The van der Waals surface area contributed by atoms with E-state index in [2.05, 4.69) is 20.5 Å². The molecule has 2 fully saturated rings. The van der Waals surface area contributed by atoms with Crippen molar-refractivity contribution in [3.63, 3.8) is 0 Å². The third-order valence-electron chi connectivity index (χ3n) is 6.15. The average Bonchev–Trinajstić information content (AvgIpc) is 3.33. The number of likely N-dealkylation sites (tertiary alicyclic amines) is 1. The van der Waals surface area contributed by atoms with Gasteiger partial charge >= 0.3 is 0 Å². The van der Waals surface area contributed by atoms with Crippen molar-refractivity contribution in [1.29, 1.82) is 0 Å². The van der Waals surface area contributed by atoms with Crippen molar-refractivity contribution >= 4 is 17.7 Å². The second kappa shape index (κ2) is 7.64. The summed E-state index contributed by atoms with van der Waals surface area (Å²) < 4.78 is 1.70. The molecule has 30 heavy (non-hydrogen) atoms. The van der Waals surface area contributed by atoms with Gasteiger partial charge in [0.1, 0.15) is 6.04 Å². The Morgan fingerprint density at radius 2 is 1.93 bits per heavy atom. The summed E-state index contributed by atoms with van der Waals surface area (Å²) in [7, 11) is 0. The maximum atomic E-state index is 13.0. The summed E-state index contributed by atoms with van der Waals surface area (Å²) in [6.07, 6.45) is 6.27. The standard InChI is InChI=1S/C21H24N6O3/c28-19-7-6-18(20(29)22-19)26-11-14-4-5-16(10-17(14)21(26)30)27-13-15(23-24-27)12-25-8-2-1-3-9-25/h4-5,10,13,18H,1-3,6-9,11-12H2,(H,22,28,29). The number of hydrogen-bond acceptors (Lipinski definition) is 6. The molecule has 3 amide bonds. The number of hydrogen-bond donors (Lipinski definition) is 1. The first kappa shape index (κ1) is 18.9. The lowest BCUT2D eigenvalue weighted by atomic mass is 10.0. The van der Waals surface area contributed by atoms with Gasteiger partial charge in [-0.05, 0) is 50.0 Å². The third-order valence-corrected chi connectivity index (χ3v) is 6.15. The number of piperidine rings is 2. The minimum Gasteiger partial charge on any atom is -0.322 e. The fourth-order valence-corrected chi connectivity index (χ4v) is 4.53. The number of aromatic nitrogens is 3. The van der Waals surface area contributed by atoms with Crippen molar-refractivity contribution in [2.24, 2.45) is 0 Å². The molecule has 0 aliphatic carbocycles. The number of rotatable bonds is 4. The van der Waals surface area contributed by atoms with Crippen LogP contribution < -0.4 is 5.32 Å². The zero-order valence-corrected chi connectivity index (χ0v) is 16.7. The minimum atomic E-state index is -0.603. The molecular formula is C21H24N6O3. The summed E-state index contributed by atoms with van der Waals surface area (Å²) >= 11 is 0. The number of imide groups is 1. The fourth-order valence-electron chi connectivity index (χ4n) is 4.53. The molecule has 0 bridgehead atoms. The molecule has 1 unspecified atom stereocenters. The highest BCUT2D eigenvalue weighted by atomic mass is 16.2. The molecule has 1 aromatic heterocycles. The van der Waals surface area contributed by atoms with Crippen molar-refractivity contribution in [2.75, 3.05) is 13.1 Å². The molecule has 3 aliphatic rings. The van der Waals surface area contributed by atoms with Crippen molar-refractivity contribution in [1.82, 2.24) is 30.1 Å². The van der Waals surface area contributed by atoms with E-state index in [0.29, 0.717) is 18.5 Å². The molecule has 1 N–H and O–H groups in total. The molecule has 0 saturated carbocycles. The molecule has 3 aliphatic heterocycles. The highest BCUT2D eigenvalue weighted by molar-refractivity contribution is 6.05. The number of nitrogens with one attached hydrogen (secondary N) is 1. The van der Waals surface area contributed by atoms with Gasteiger partial charge < -0.3 is 4.90 Å². The van der Waals surface area contributed by atoms with Crippen molar-refractivity contribution < 1.29 is 14.4 Å². The van der Waals surface area contributed by atoms with Crippen LogP contribution in [0.4, 0.5) is 0 Å². The summed E-state index contributed by atoms with van der Waals surface area (Å²) in [5.41, 5.74) is 3.13. The fraction of sp³-hybridized carbons (Fsp3) is 0.476. The zero-order chi connectivity index (χ0) is 20.7. The van der Waals surface area contributed by atoms with Crippen LogP contribution in [-0.2, 0) is 22.7 Å². The third kappa shape index (κ3) is 3.49. The molecule has 1 aromatic carbocycles. The predicted octanol–water partition coefficient (Wildman–Crippen LogP) is 1.01. The van der Waals surface area contributed by atoms with Crippen LogP contribution in [0.3, 0.4) is 0 Å². The Hall–Kier alpha value is -3.07. The highest BCUT2D eigenvalue weighted by Gasteiger charge is 2.39. The molecular weight excluding hydrogens is 384 g/mol. The van der Waals surface area contributed by atoms with Gasteiger partial charge in [-0.1, -0.05) is 17.7 Å². The zero-order valence-electron chi connectivity index (χ0n) is 16.7.